The molecule has 0 radical (unpaired) electrons. The van der Waals surface area contributed by atoms with Gasteiger partial charge in [-0.05, 0) is 62.7 Å². The lowest BCUT2D eigenvalue weighted by Crippen LogP contribution is -2.73. The van der Waals surface area contributed by atoms with E-state index in [1.807, 2.05) is 12.3 Å². The number of fused-ring (bicyclic) bond motifs is 2. The number of anilines is 1. The summed E-state index contributed by atoms with van der Waals surface area (Å²) < 4.78 is 28.7. The van der Waals surface area contributed by atoms with Gasteiger partial charge in [0, 0.05) is 63.8 Å². The minimum absolute atomic E-state index is 0.00353. The third-order valence-corrected chi connectivity index (χ3v) is 11.7. The van der Waals surface area contributed by atoms with E-state index in [2.05, 4.69) is 54.2 Å². The van der Waals surface area contributed by atoms with E-state index in [0.717, 1.165) is 58.5 Å². The predicted molar refractivity (Wildman–Crippen MR) is 182 cm³/mol. The molecule has 1 aromatic heterocycles. The van der Waals surface area contributed by atoms with Crippen LogP contribution in [0.15, 0.2) is 60.6 Å². The van der Waals surface area contributed by atoms with Crippen LogP contribution in [0.5, 0.6) is 0 Å². The lowest BCUT2D eigenvalue weighted by atomic mass is 9.68. The highest BCUT2D eigenvalue weighted by Gasteiger charge is 2.59. The molecule has 2 aliphatic carbocycles. The van der Waals surface area contributed by atoms with Crippen LogP contribution in [-0.2, 0) is 19.1 Å². The second kappa shape index (κ2) is 14.4. The number of piperazine rings is 1. The highest BCUT2D eigenvalue weighted by molar-refractivity contribution is 6.20. The molecule has 12 heteroatoms. The maximum atomic E-state index is 16.3. The Kier molecular flexibility index (Phi) is 9.63. The predicted octanol–water partition coefficient (Wildman–Crippen LogP) is 2.40. The first-order valence-corrected chi connectivity index (χ1v) is 18.3. The van der Waals surface area contributed by atoms with E-state index in [9.17, 15) is 9.59 Å². The number of benzene rings is 1. The van der Waals surface area contributed by atoms with Crippen molar-refractivity contribution in [2.75, 3.05) is 70.5 Å². The first kappa shape index (κ1) is 32.7. The van der Waals surface area contributed by atoms with Gasteiger partial charge in [-0.1, -0.05) is 30.3 Å². The van der Waals surface area contributed by atoms with Crippen LogP contribution >= 0.6 is 0 Å². The lowest BCUT2D eigenvalue weighted by Gasteiger charge is -2.60. The Morgan fingerprint density at radius 1 is 0.959 bits per heavy atom. The molecule has 8 atom stereocenters. The molecule has 1 aromatic carbocycles. The summed E-state index contributed by atoms with van der Waals surface area (Å²) >= 11 is 0. The molecule has 262 valence electrons. The van der Waals surface area contributed by atoms with Crippen LogP contribution in [0, 0.1) is 5.92 Å². The van der Waals surface area contributed by atoms with Crippen LogP contribution in [0.2, 0.25) is 0 Å². The van der Waals surface area contributed by atoms with Gasteiger partial charge in [0.2, 0.25) is 5.95 Å². The molecule has 2 saturated carbocycles. The molecule has 5 heterocycles. The SMILES string of the molecule is O=C1C(C(=O)N2CCN(c3ncccn3)CC2)=CN2C3CC(c4ccccc4)CCC3OC3C(NCCCN4CCOCC4)C(F)CC1C32. The normalized spacial score (nSPS) is 33.4. The number of hydrogen-bond acceptors (Lipinski definition) is 10. The molecule has 0 bridgehead atoms. The number of hydrogen-bond donors (Lipinski definition) is 1. The molecule has 49 heavy (non-hydrogen) atoms. The molecule has 0 spiro atoms. The summed E-state index contributed by atoms with van der Waals surface area (Å²) in [4.78, 5) is 45.6. The number of halogens is 1. The third kappa shape index (κ3) is 6.60. The molecule has 2 aromatic rings. The van der Waals surface area contributed by atoms with E-state index in [1.165, 1.54) is 5.56 Å². The van der Waals surface area contributed by atoms with Crippen molar-refractivity contribution >= 4 is 17.6 Å². The molecular weight excluding hydrogens is 625 g/mol. The zero-order chi connectivity index (χ0) is 33.3. The molecule has 3 saturated heterocycles. The van der Waals surface area contributed by atoms with Gasteiger partial charge in [0.15, 0.2) is 5.78 Å². The Labute approximate surface area is 287 Å². The summed E-state index contributed by atoms with van der Waals surface area (Å²) in [5.74, 6) is -0.137. The highest BCUT2D eigenvalue weighted by atomic mass is 19.1. The Morgan fingerprint density at radius 3 is 2.51 bits per heavy atom. The number of ketones is 1. The van der Waals surface area contributed by atoms with Crippen LogP contribution in [0.3, 0.4) is 0 Å². The minimum atomic E-state index is -1.25. The summed E-state index contributed by atoms with van der Waals surface area (Å²) in [6.45, 7) is 7.09. The Balaban J connectivity index is 1.03. The van der Waals surface area contributed by atoms with Crippen molar-refractivity contribution in [2.45, 2.75) is 74.5 Å². The van der Waals surface area contributed by atoms with Crippen molar-refractivity contribution in [1.29, 1.82) is 0 Å². The first-order chi connectivity index (χ1) is 24.0. The van der Waals surface area contributed by atoms with Gasteiger partial charge in [-0.25, -0.2) is 14.4 Å². The van der Waals surface area contributed by atoms with Crippen molar-refractivity contribution in [3.63, 3.8) is 0 Å². The number of alkyl halides is 1. The minimum Gasteiger partial charge on any atom is -0.379 e. The smallest absolute Gasteiger partial charge is 0.259 e. The third-order valence-electron chi connectivity index (χ3n) is 11.7. The van der Waals surface area contributed by atoms with Gasteiger partial charge in [-0.3, -0.25) is 14.5 Å². The van der Waals surface area contributed by atoms with E-state index in [1.54, 1.807) is 23.4 Å². The topological polar surface area (TPSA) is 103 Å². The first-order valence-electron chi connectivity index (χ1n) is 18.3. The summed E-state index contributed by atoms with van der Waals surface area (Å²) in [5, 5.41) is 3.54. The number of amides is 1. The summed E-state index contributed by atoms with van der Waals surface area (Å²) in [6.07, 6.45) is 7.16. The molecule has 11 nitrogen and oxygen atoms in total. The number of rotatable bonds is 8. The number of morpholine rings is 2. The maximum Gasteiger partial charge on any atom is 0.259 e. The quantitative estimate of drug-likeness (QED) is 0.332. The van der Waals surface area contributed by atoms with Gasteiger partial charge in [-0.15, -0.1) is 0 Å². The fraction of sp³-hybridized carbons (Fsp3) is 0.622. The van der Waals surface area contributed by atoms with Crippen molar-refractivity contribution in [3.05, 3.63) is 66.1 Å². The van der Waals surface area contributed by atoms with Crippen LogP contribution in [0.4, 0.5) is 10.3 Å². The average molecular weight is 674 g/mol. The lowest BCUT2D eigenvalue weighted by molar-refractivity contribution is -0.199. The van der Waals surface area contributed by atoms with Gasteiger partial charge in [0.05, 0.1) is 49.1 Å². The second-order valence-corrected chi connectivity index (χ2v) is 14.4. The monoisotopic (exact) mass is 673 g/mol. The Bertz CT molecular complexity index is 1490. The molecule has 8 rings (SSSR count). The average Bonchev–Trinajstić information content (AvgIpc) is 3.16. The Hall–Kier alpha value is -3.45. The molecule has 5 fully saturated rings. The van der Waals surface area contributed by atoms with Crippen molar-refractivity contribution in [3.8, 4) is 0 Å². The van der Waals surface area contributed by atoms with Crippen molar-refractivity contribution in [2.24, 2.45) is 5.92 Å². The summed E-state index contributed by atoms with van der Waals surface area (Å²) in [5.41, 5.74) is 1.50. The number of nitrogens with zero attached hydrogens (tertiary/aromatic N) is 6. The number of carbonyl (C=O) groups is 2. The maximum absolute atomic E-state index is 16.3. The summed E-state index contributed by atoms with van der Waals surface area (Å²) in [7, 11) is 0. The van der Waals surface area contributed by atoms with Crippen LogP contribution < -0.4 is 10.2 Å². The number of nitrogens with one attached hydrogen (secondary N) is 1. The summed E-state index contributed by atoms with van der Waals surface area (Å²) in [6, 6.07) is 11.6. The highest BCUT2D eigenvalue weighted by Crippen LogP contribution is 2.48. The van der Waals surface area contributed by atoms with Gasteiger partial charge in [0.1, 0.15) is 6.17 Å². The van der Waals surface area contributed by atoms with E-state index in [0.29, 0.717) is 44.6 Å². The molecule has 1 N–H and O–H groups in total. The number of carbonyl (C=O) groups excluding carboxylic acids is 2. The zero-order valence-corrected chi connectivity index (χ0v) is 28.1. The Morgan fingerprint density at radius 2 is 1.73 bits per heavy atom. The fourth-order valence-electron chi connectivity index (χ4n) is 9.15. The van der Waals surface area contributed by atoms with E-state index in [-0.39, 0.29) is 41.9 Å². The molecule has 8 unspecified atom stereocenters. The van der Waals surface area contributed by atoms with Crippen LogP contribution in [0.1, 0.15) is 43.6 Å². The van der Waals surface area contributed by atoms with Crippen molar-refractivity contribution in [1.82, 2.24) is 30.0 Å². The van der Waals surface area contributed by atoms with E-state index in [4.69, 9.17) is 9.47 Å². The van der Waals surface area contributed by atoms with E-state index < -0.39 is 24.2 Å². The van der Waals surface area contributed by atoms with Gasteiger partial charge in [-0.2, -0.15) is 0 Å². The number of aromatic nitrogens is 2. The largest absolute Gasteiger partial charge is 0.379 e. The van der Waals surface area contributed by atoms with Crippen molar-refractivity contribution < 1.29 is 23.5 Å². The molecular formula is C37H48FN7O4. The fourth-order valence-corrected chi connectivity index (χ4v) is 9.15. The molecule has 1 amide bonds. The van der Waals surface area contributed by atoms with Crippen LogP contribution in [-0.4, -0.2) is 138 Å². The van der Waals surface area contributed by atoms with Gasteiger partial charge >= 0.3 is 0 Å². The van der Waals surface area contributed by atoms with Gasteiger partial charge in [0.25, 0.3) is 5.91 Å². The van der Waals surface area contributed by atoms with E-state index >= 15 is 4.39 Å². The molecule has 6 aliphatic rings. The molecule has 4 aliphatic heterocycles. The second-order valence-electron chi connectivity index (χ2n) is 14.4. The van der Waals surface area contributed by atoms with Gasteiger partial charge < -0.3 is 29.5 Å². The number of Topliss-reactive ketones (excluding diaryl/α,β-unsaturated/α-hetero) is 1. The number of ether oxygens (including phenoxy) is 2. The standard InChI is InChI=1S/C37H48FN7O4/c38-29-23-27-33-35(32(29)39-12-5-13-42-18-20-48-21-19-42)49-31-9-8-26(25-6-2-1-3-7-25)22-30(31)45(33)24-28(34(27)46)36(47)43-14-16-44(17-15-43)37-40-10-4-11-41-37/h1-4,6-7,10-11,24,26-27,29-33,35,39H,5,8-9,12-23H2. The zero-order valence-electron chi connectivity index (χ0n) is 28.1. The van der Waals surface area contributed by atoms with Crippen LogP contribution in [0.25, 0.3) is 0 Å².